The van der Waals surface area contributed by atoms with Crippen molar-refractivity contribution in [2.24, 2.45) is 0 Å². The van der Waals surface area contributed by atoms with E-state index in [1.54, 1.807) is 0 Å². The Morgan fingerprint density at radius 1 is 1.37 bits per heavy atom. The minimum Gasteiger partial charge on any atom is -0.388 e. The summed E-state index contributed by atoms with van der Waals surface area (Å²) in [5.41, 5.74) is 0.587. The SMILES string of the molecule is FC(F)(F)Oc1ccc(NC[C@@H]2COCCO2)cn1. The van der Waals surface area contributed by atoms with Gasteiger partial charge in [-0.05, 0) is 6.07 Å². The van der Waals surface area contributed by atoms with Crippen LogP contribution in [0.4, 0.5) is 18.9 Å². The second kappa shape index (κ2) is 6.07. The standard InChI is InChI=1S/C11H13F3N2O3/c12-11(13,14)19-10-2-1-8(5-16-10)15-6-9-7-17-3-4-18-9/h1-2,5,9,15H,3-4,6-7H2/t9-/m1/s1. The smallest absolute Gasteiger partial charge is 0.388 e. The number of aromatic nitrogens is 1. The Morgan fingerprint density at radius 2 is 2.21 bits per heavy atom. The maximum atomic E-state index is 11.9. The third-order valence-corrected chi connectivity index (χ3v) is 2.38. The fourth-order valence-corrected chi connectivity index (χ4v) is 1.55. The van der Waals surface area contributed by atoms with Gasteiger partial charge in [-0.2, -0.15) is 0 Å². The monoisotopic (exact) mass is 278 g/mol. The summed E-state index contributed by atoms with van der Waals surface area (Å²) in [6.45, 7) is 2.13. The first kappa shape index (κ1) is 13.9. The maximum Gasteiger partial charge on any atom is 0.574 e. The molecule has 0 aliphatic carbocycles. The second-order valence-electron chi connectivity index (χ2n) is 3.88. The van der Waals surface area contributed by atoms with Gasteiger partial charge >= 0.3 is 6.36 Å². The highest BCUT2D eigenvalue weighted by atomic mass is 19.4. The fourth-order valence-electron chi connectivity index (χ4n) is 1.55. The van der Waals surface area contributed by atoms with E-state index in [2.05, 4.69) is 15.0 Å². The Kier molecular flexibility index (Phi) is 4.43. The molecule has 0 saturated carbocycles. The van der Waals surface area contributed by atoms with Crippen molar-refractivity contribution in [2.45, 2.75) is 12.5 Å². The summed E-state index contributed by atoms with van der Waals surface area (Å²) in [7, 11) is 0. The summed E-state index contributed by atoms with van der Waals surface area (Å²) in [4.78, 5) is 3.55. The maximum absolute atomic E-state index is 11.9. The molecular formula is C11H13F3N2O3. The molecule has 0 bridgehead atoms. The molecule has 1 aromatic heterocycles. The molecule has 1 atom stereocenters. The molecule has 1 N–H and O–H groups in total. The zero-order valence-electron chi connectivity index (χ0n) is 9.94. The van der Waals surface area contributed by atoms with Crippen LogP contribution < -0.4 is 10.1 Å². The van der Waals surface area contributed by atoms with Gasteiger partial charge in [0.25, 0.3) is 0 Å². The van der Waals surface area contributed by atoms with E-state index in [0.717, 1.165) is 6.07 Å². The van der Waals surface area contributed by atoms with Crippen LogP contribution in [0.15, 0.2) is 18.3 Å². The van der Waals surface area contributed by atoms with Crippen molar-refractivity contribution in [1.82, 2.24) is 4.98 Å². The minimum atomic E-state index is -4.73. The van der Waals surface area contributed by atoms with Crippen molar-refractivity contribution in [3.8, 4) is 5.88 Å². The third kappa shape index (κ3) is 4.92. The quantitative estimate of drug-likeness (QED) is 0.910. The number of nitrogens with one attached hydrogen (secondary N) is 1. The molecule has 19 heavy (non-hydrogen) atoms. The highest BCUT2D eigenvalue weighted by Crippen LogP contribution is 2.21. The number of ether oxygens (including phenoxy) is 3. The van der Waals surface area contributed by atoms with Gasteiger partial charge < -0.3 is 19.5 Å². The van der Waals surface area contributed by atoms with Crippen LogP contribution in [0.3, 0.4) is 0 Å². The van der Waals surface area contributed by atoms with Gasteiger partial charge in [-0.1, -0.05) is 0 Å². The number of pyridine rings is 1. The van der Waals surface area contributed by atoms with Gasteiger partial charge in [-0.25, -0.2) is 4.98 Å². The zero-order valence-corrected chi connectivity index (χ0v) is 9.94. The molecular weight excluding hydrogens is 265 g/mol. The number of nitrogens with zero attached hydrogens (tertiary/aromatic N) is 1. The molecule has 8 heteroatoms. The average Bonchev–Trinajstić information content (AvgIpc) is 2.37. The average molecular weight is 278 g/mol. The number of hydrogen-bond acceptors (Lipinski definition) is 5. The topological polar surface area (TPSA) is 52.6 Å². The molecule has 106 valence electrons. The highest BCUT2D eigenvalue weighted by Gasteiger charge is 2.31. The lowest BCUT2D eigenvalue weighted by molar-refractivity contribution is -0.276. The molecule has 1 aromatic rings. The van der Waals surface area contributed by atoms with E-state index in [1.807, 2.05) is 0 Å². The summed E-state index contributed by atoms with van der Waals surface area (Å²) in [6, 6.07) is 2.60. The highest BCUT2D eigenvalue weighted by molar-refractivity contribution is 5.42. The molecule has 1 aliphatic heterocycles. The third-order valence-electron chi connectivity index (χ3n) is 2.38. The Hall–Kier alpha value is -1.54. The van der Waals surface area contributed by atoms with Crippen LogP contribution in [0.2, 0.25) is 0 Å². The molecule has 2 rings (SSSR count). The lowest BCUT2D eigenvalue weighted by Gasteiger charge is -2.23. The van der Waals surface area contributed by atoms with Gasteiger partial charge in [0.05, 0.1) is 37.8 Å². The Bertz CT molecular complexity index is 391. The van der Waals surface area contributed by atoms with Crippen molar-refractivity contribution < 1.29 is 27.4 Å². The van der Waals surface area contributed by atoms with Gasteiger partial charge in [0, 0.05) is 12.6 Å². The van der Waals surface area contributed by atoms with Crippen molar-refractivity contribution >= 4 is 5.69 Å². The summed E-state index contributed by atoms with van der Waals surface area (Å²) in [6.07, 6.45) is -3.53. The number of hydrogen-bond donors (Lipinski definition) is 1. The number of anilines is 1. The van der Waals surface area contributed by atoms with E-state index in [4.69, 9.17) is 9.47 Å². The normalized spacial score (nSPS) is 20.1. The molecule has 0 amide bonds. The van der Waals surface area contributed by atoms with Crippen LogP contribution >= 0.6 is 0 Å². The summed E-state index contributed by atoms with van der Waals surface area (Å²) < 4.78 is 50.1. The first-order valence-electron chi connectivity index (χ1n) is 5.68. The van der Waals surface area contributed by atoms with Gasteiger partial charge in [0.15, 0.2) is 0 Å². The van der Waals surface area contributed by atoms with Crippen molar-refractivity contribution in [3.05, 3.63) is 18.3 Å². The number of alkyl halides is 3. The van der Waals surface area contributed by atoms with Crippen LogP contribution in [0.25, 0.3) is 0 Å². The van der Waals surface area contributed by atoms with E-state index < -0.39 is 12.2 Å². The first-order chi connectivity index (χ1) is 9.03. The largest absolute Gasteiger partial charge is 0.574 e. The molecule has 0 aromatic carbocycles. The number of halogens is 3. The predicted molar refractivity (Wildman–Crippen MR) is 60.0 cm³/mol. The Balaban J connectivity index is 1.81. The van der Waals surface area contributed by atoms with Crippen molar-refractivity contribution in [3.63, 3.8) is 0 Å². The molecule has 2 heterocycles. The molecule has 1 saturated heterocycles. The molecule has 1 aliphatic rings. The summed E-state index contributed by atoms with van der Waals surface area (Å²) >= 11 is 0. The van der Waals surface area contributed by atoms with Crippen LogP contribution in [-0.2, 0) is 9.47 Å². The Labute approximate surface area is 107 Å². The number of rotatable bonds is 4. The minimum absolute atomic E-state index is 0.0696. The zero-order chi connectivity index (χ0) is 13.7. The van der Waals surface area contributed by atoms with Crippen molar-refractivity contribution in [2.75, 3.05) is 31.7 Å². The van der Waals surface area contributed by atoms with Gasteiger partial charge in [0.2, 0.25) is 5.88 Å². The van der Waals surface area contributed by atoms with Gasteiger partial charge in [-0.3, -0.25) is 0 Å². The first-order valence-corrected chi connectivity index (χ1v) is 5.68. The predicted octanol–water partition coefficient (Wildman–Crippen LogP) is 1.81. The van der Waals surface area contributed by atoms with E-state index in [9.17, 15) is 13.2 Å². The van der Waals surface area contributed by atoms with Crippen LogP contribution in [0.1, 0.15) is 0 Å². The summed E-state index contributed by atoms with van der Waals surface area (Å²) in [5.74, 6) is -0.490. The van der Waals surface area contributed by atoms with E-state index in [-0.39, 0.29) is 6.10 Å². The fraction of sp³-hybridized carbons (Fsp3) is 0.545. The molecule has 5 nitrogen and oxygen atoms in total. The lowest BCUT2D eigenvalue weighted by atomic mass is 10.3. The van der Waals surface area contributed by atoms with Gasteiger partial charge in [0.1, 0.15) is 0 Å². The van der Waals surface area contributed by atoms with E-state index >= 15 is 0 Å². The van der Waals surface area contributed by atoms with Gasteiger partial charge in [-0.15, -0.1) is 13.2 Å². The van der Waals surface area contributed by atoms with E-state index in [1.165, 1.54) is 12.3 Å². The van der Waals surface area contributed by atoms with Crippen LogP contribution in [0.5, 0.6) is 5.88 Å². The van der Waals surface area contributed by atoms with E-state index in [0.29, 0.717) is 32.1 Å². The second-order valence-corrected chi connectivity index (χ2v) is 3.88. The molecule has 0 spiro atoms. The van der Waals surface area contributed by atoms with Crippen LogP contribution in [0, 0.1) is 0 Å². The van der Waals surface area contributed by atoms with Crippen molar-refractivity contribution in [1.29, 1.82) is 0 Å². The molecule has 0 radical (unpaired) electrons. The van der Waals surface area contributed by atoms with Crippen LogP contribution in [-0.4, -0.2) is 43.8 Å². The molecule has 1 fully saturated rings. The summed E-state index contributed by atoms with van der Waals surface area (Å²) in [5, 5.41) is 3.00. The Morgan fingerprint density at radius 3 is 2.79 bits per heavy atom. The lowest BCUT2D eigenvalue weighted by Crippen LogP contribution is -2.34. The molecule has 0 unspecified atom stereocenters.